The minimum atomic E-state index is -0.0238. The van der Waals surface area contributed by atoms with Gasteiger partial charge in [-0.25, -0.2) is 0 Å². The molecular weight excluding hydrogens is 388 g/mol. The lowest BCUT2D eigenvalue weighted by Gasteiger charge is -2.24. The minimum Gasteiger partial charge on any atom is -0.497 e. The van der Waals surface area contributed by atoms with Crippen molar-refractivity contribution in [2.24, 2.45) is 0 Å². The van der Waals surface area contributed by atoms with Crippen LogP contribution in [0.1, 0.15) is 34.5 Å². The van der Waals surface area contributed by atoms with Gasteiger partial charge in [-0.2, -0.15) is 0 Å². The zero-order chi connectivity index (χ0) is 20.5. The summed E-state index contributed by atoms with van der Waals surface area (Å²) < 4.78 is 10.9. The van der Waals surface area contributed by atoms with Crippen LogP contribution in [0.2, 0.25) is 5.02 Å². The summed E-state index contributed by atoms with van der Waals surface area (Å²) in [5.74, 6) is 1.45. The fraction of sp³-hybridized carbons (Fsp3) is 0.304. The van der Waals surface area contributed by atoms with Crippen molar-refractivity contribution in [3.63, 3.8) is 0 Å². The lowest BCUT2D eigenvalue weighted by Crippen LogP contribution is -2.33. The number of aryl methyl sites for hydroxylation is 1. The van der Waals surface area contributed by atoms with Crippen molar-refractivity contribution in [1.82, 2.24) is 9.88 Å². The van der Waals surface area contributed by atoms with Gasteiger partial charge >= 0.3 is 0 Å². The van der Waals surface area contributed by atoms with Gasteiger partial charge in [0.1, 0.15) is 11.5 Å². The van der Waals surface area contributed by atoms with Crippen molar-refractivity contribution in [3.8, 4) is 11.5 Å². The number of rotatable bonds is 6. The summed E-state index contributed by atoms with van der Waals surface area (Å²) in [5, 5.41) is 1.49. The van der Waals surface area contributed by atoms with E-state index in [9.17, 15) is 4.79 Å². The standard InChI is InChI=1S/C23H23ClN2O3/c1-14-20(12-15-10-17(24)4-8-21(15)25-14)23(27)26(18-5-6-18)13-16-11-19(28-2)7-9-22(16)29-3/h4,7-12,18H,5-6,13H2,1-3H3. The summed E-state index contributed by atoms with van der Waals surface area (Å²) in [6.45, 7) is 2.33. The molecule has 5 nitrogen and oxygen atoms in total. The Morgan fingerprint density at radius 1 is 1.14 bits per heavy atom. The van der Waals surface area contributed by atoms with Gasteiger partial charge in [0, 0.05) is 22.0 Å². The molecule has 1 amide bonds. The van der Waals surface area contributed by atoms with Crippen molar-refractivity contribution in [2.45, 2.75) is 32.4 Å². The molecule has 1 aromatic heterocycles. The zero-order valence-electron chi connectivity index (χ0n) is 16.7. The first-order valence-corrected chi connectivity index (χ1v) is 9.96. The normalized spacial score (nSPS) is 13.4. The second kappa shape index (κ2) is 7.91. The van der Waals surface area contributed by atoms with Gasteiger partial charge in [-0.15, -0.1) is 0 Å². The largest absolute Gasteiger partial charge is 0.497 e. The third-order valence-electron chi connectivity index (χ3n) is 5.27. The Bertz CT molecular complexity index is 1080. The molecule has 0 bridgehead atoms. The molecule has 6 heteroatoms. The number of hydrogen-bond acceptors (Lipinski definition) is 4. The van der Waals surface area contributed by atoms with E-state index in [1.165, 1.54) is 0 Å². The molecule has 1 fully saturated rings. The van der Waals surface area contributed by atoms with Gasteiger partial charge in [0.15, 0.2) is 0 Å². The van der Waals surface area contributed by atoms with Crippen LogP contribution in [-0.4, -0.2) is 36.1 Å². The molecule has 0 unspecified atom stereocenters. The summed E-state index contributed by atoms with van der Waals surface area (Å²) >= 11 is 6.13. The molecule has 3 aromatic rings. The molecule has 0 saturated heterocycles. The number of amides is 1. The van der Waals surface area contributed by atoms with Crippen molar-refractivity contribution in [1.29, 1.82) is 0 Å². The van der Waals surface area contributed by atoms with E-state index in [1.807, 2.05) is 54.3 Å². The third-order valence-corrected chi connectivity index (χ3v) is 5.51. The minimum absolute atomic E-state index is 0.0238. The van der Waals surface area contributed by atoms with Crippen molar-refractivity contribution in [3.05, 3.63) is 64.3 Å². The van der Waals surface area contributed by atoms with Crippen LogP contribution in [0, 0.1) is 6.92 Å². The van der Waals surface area contributed by atoms with E-state index >= 15 is 0 Å². The number of hydrogen-bond donors (Lipinski definition) is 0. The Balaban J connectivity index is 1.70. The van der Waals surface area contributed by atoms with Crippen LogP contribution in [0.25, 0.3) is 10.9 Å². The topological polar surface area (TPSA) is 51.7 Å². The van der Waals surface area contributed by atoms with Gasteiger partial charge in [-0.1, -0.05) is 11.6 Å². The Kier molecular flexibility index (Phi) is 5.33. The molecule has 1 heterocycles. The van der Waals surface area contributed by atoms with Crippen LogP contribution in [0.4, 0.5) is 0 Å². The Morgan fingerprint density at radius 3 is 2.62 bits per heavy atom. The highest BCUT2D eigenvalue weighted by atomic mass is 35.5. The van der Waals surface area contributed by atoms with Crippen molar-refractivity contribution in [2.75, 3.05) is 14.2 Å². The number of nitrogens with zero attached hydrogens (tertiary/aromatic N) is 2. The molecular formula is C23H23ClN2O3. The van der Waals surface area contributed by atoms with E-state index in [2.05, 4.69) is 4.98 Å². The SMILES string of the molecule is COc1ccc(OC)c(CN(C(=O)c2cc3cc(Cl)ccc3nc2C)C2CC2)c1. The van der Waals surface area contributed by atoms with Gasteiger partial charge in [-0.05, 0) is 62.2 Å². The summed E-state index contributed by atoms with van der Waals surface area (Å²) in [6, 6.07) is 13.3. The van der Waals surface area contributed by atoms with Crippen LogP contribution in [0.5, 0.6) is 11.5 Å². The van der Waals surface area contributed by atoms with Crippen LogP contribution in [-0.2, 0) is 6.54 Å². The Labute approximate surface area is 175 Å². The summed E-state index contributed by atoms with van der Waals surface area (Å²) in [7, 11) is 3.26. The monoisotopic (exact) mass is 410 g/mol. The van der Waals surface area contributed by atoms with E-state index in [0.29, 0.717) is 22.8 Å². The first-order chi connectivity index (χ1) is 14.0. The molecule has 150 valence electrons. The van der Waals surface area contributed by atoms with Gasteiger partial charge in [0.25, 0.3) is 5.91 Å². The van der Waals surface area contributed by atoms with Crippen LogP contribution in [0.15, 0.2) is 42.5 Å². The number of halogens is 1. The summed E-state index contributed by atoms with van der Waals surface area (Å²) in [5.41, 5.74) is 3.07. The summed E-state index contributed by atoms with van der Waals surface area (Å²) in [6.07, 6.45) is 2.01. The van der Waals surface area contributed by atoms with E-state index in [1.54, 1.807) is 14.2 Å². The Hall–Kier alpha value is -2.79. The number of methoxy groups -OCH3 is 2. The second-order valence-corrected chi connectivity index (χ2v) is 7.74. The van der Waals surface area contributed by atoms with E-state index in [-0.39, 0.29) is 11.9 Å². The van der Waals surface area contributed by atoms with E-state index in [0.717, 1.165) is 40.8 Å². The molecule has 4 rings (SSSR count). The predicted octanol–water partition coefficient (Wildman–Crippen LogP) is 5.02. The number of fused-ring (bicyclic) bond motifs is 1. The van der Waals surface area contributed by atoms with Crippen LogP contribution >= 0.6 is 11.6 Å². The number of benzene rings is 2. The first kappa shape index (κ1) is 19.5. The molecule has 2 aromatic carbocycles. The third kappa shape index (κ3) is 4.01. The van der Waals surface area contributed by atoms with E-state index in [4.69, 9.17) is 21.1 Å². The number of ether oxygens (including phenoxy) is 2. The van der Waals surface area contributed by atoms with Gasteiger partial charge < -0.3 is 14.4 Å². The lowest BCUT2D eigenvalue weighted by atomic mass is 10.1. The number of carbonyl (C=O) groups is 1. The van der Waals surface area contributed by atoms with Crippen LogP contribution < -0.4 is 9.47 Å². The van der Waals surface area contributed by atoms with Crippen LogP contribution in [0.3, 0.4) is 0 Å². The lowest BCUT2D eigenvalue weighted by molar-refractivity contribution is 0.0727. The Morgan fingerprint density at radius 2 is 1.93 bits per heavy atom. The smallest absolute Gasteiger partial charge is 0.256 e. The van der Waals surface area contributed by atoms with Gasteiger partial charge in [0.2, 0.25) is 0 Å². The van der Waals surface area contributed by atoms with Gasteiger partial charge in [0.05, 0.1) is 37.5 Å². The highest BCUT2D eigenvalue weighted by Crippen LogP contribution is 2.34. The molecule has 1 saturated carbocycles. The fourth-order valence-electron chi connectivity index (χ4n) is 3.56. The summed E-state index contributed by atoms with van der Waals surface area (Å²) in [4.78, 5) is 20.0. The zero-order valence-corrected chi connectivity index (χ0v) is 17.5. The van der Waals surface area contributed by atoms with Gasteiger partial charge in [-0.3, -0.25) is 9.78 Å². The molecule has 0 radical (unpaired) electrons. The molecule has 0 aliphatic heterocycles. The number of carbonyl (C=O) groups excluding carboxylic acids is 1. The number of pyridine rings is 1. The van der Waals surface area contributed by atoms with Crippen molar-refractivity contribution < 1.29 is 14.3 Å². The highest BCUT2D eigenvalue weighted by molar-refractivity contribution is 6.31. The molecule has 0 N–H and O–H groups in total. The average molecular weight is 411 g/mol. The quantitative estimate of drug-likeness (QED) is 0.572. The maximum absolute atomic E-state index is 13.5. The first-order valence-electron chi connectivity index (χ1n) is 9.59. The molecule has 0 atom stereocenters. The highest BCUT2D eigenvalue weighted by Gasteiger charge is 2.34. The van der Waals surface area contributed by atoms with Crippen molar-refractivity contribution >= 4 is 28.4 Å². The van der Waals surface area contributed by atoms with E-state index < -0.39 is 0 Å². The maximum Gasteiger partial charge on any atom is 0.256 e. The molecule has 29 heavy (non-hydrogen) atoms. The molecule has 1 aliphatic rings. The molecule has 0 spiro atoms. The number of aromatic nitrogens is 1. The molecule has 1 aliphatic carbocycles. The average Bonchev–Trinajstić information content (AvgIpc) is 3.56. The fourth-order valence-corrected chi connectivity index (χ4v) is 3.74. The maximum atomic E-state index is 13.5. The predicted molar refractivity (Wildman–Crippen MR) is 114 cm³/mol. The second-order valence-electron chi connectivity index (χ2n) is 7.30.